The summed E-state index contributed by atoms with van der Waals surface area (Å²) in [6.45, 7) is 0. The van der Waals surface area contributed by atoms with Crippen LogP contribution in [0.3, 0.4) is 0 Å². The Bertz CT molecular complexity index is 782. The third-order valence-electron chi connectivity index (χ3n) is 10.7. The summed E-state index contributed by atoms with van der Waals surface area (Å²) < 4.78 is 11.9. The highest BCUT2D eigenvalue weighted by Gasteiger charge is 2.86. The van der Waals surface area contributed by atoms with E-state index in [2.05, 4.69) is 6.26 Å². The average molecular weight is 372 g/mol. The molecule has 6 saturated carbocycles. The Hall–Kier alpha value is -0.710. The fourth-order valence-corrected chi connectivity index (χ4v) is 12.2. The molecule has 0 aromatic heterocycles. The van der Waals surface area contributed by atoms with Gasteiger partial charge in [-0.25, -0.2) is 0 Å². The monoisotopic (exact) mass is 372 g/mol. The van der Waals surface area contributed by atoms with Gasteiger partial charge in [-0.1, -0.05) is 0 Å². The maximum absolute atomic E-state index is 13.5. The fourth-order valence-electron chi connectivity index (χ4n) is 10.8. The van der Waals surface area contributed by atoms with Gasteiger partial charge in [0.25, 0.3) is 0 Å². The van der Waals surface area contributed by atoms with Gasteiger partial charge in [0, 0.05) is 11.8 Å². The molecular formula is C21H24O4S. The summed E-state index contributed by atoms with van der Waals surface area (Å²) in [7, 11) is 0. The van der Waals surface area contributed by atoms with Crippen LogP contribution in [0.25, 0.3) is 0 Å². The van der Waals surface area contributed by atoms with Crippen molar-refractivity contribution in [2.24, 2.45) is 65.1 Å². The van der Waals surface area contributed by atoms with Gasteiger partial charge in [-0.3, -0.25) is 9.59 Å². The van der Waals surface area contributed by atoms with Gasteiger partial charge < -0.3 is 9.47 Å². The predicted molar refractivity (Wildman–Crippen MR) is 92.9 cm³/mol. The molecule has 138 valence electrons. The minimum Gasteiger partial charge on any atom is -0.462 e. The lowest BCUT2D eigenvalue weighted by Crippen LogP contribution is -2.56. The van der Waals surface area contributed by atoms with Crippen LogP contribution in [0.1, 0.15) is 25.7 Å². The molecule has 0 amide bonds. The number of hydrogen-bond acceptors (Lipinski definition) is 5. The Kier molecular flexibility index (Phi) is 2.21. The maximum Gasteiger partial charge on any atom is 0.323 e. The highest BCUT2D eigenvalue weighted by atomic mass is 32.2. The van der Waals surface area contributed by atoms with Crippen LogP contribution < -0.4 is 0 Å². The molecule has 0 aromatic rings. The van der Waals surface area contributed by atoms with E-state index in [0.717, 1.165) is 25.7 Å². The van der Waals surface area contributed by atoms with Crippen LogP contribution in [0, 0.1) is 65.1 Å². The van der Waals surface area contributed by atoms with E-state index in [4.69, 9.17) is 9.47 Å². The summed E-state index contributed by atoms with van der Waals surface area (Å²) in [5, 5.41) is 0. The first-order valence-corrected chi connectivity index (χ1v) is 11.9. The number of carbonyl (C=O) groups is 2. The van der Waals surface area contributed by atoms with E-state index in [1.54, 1.807) is 0 Å². The number of ether oxygens (including phenoxy) is 2. The Morgan fingerprint density at radius 3 is 2.35 bits per heavy atom. The summed E-state index contributed by atoms with van der Waals surface area (Å²) in [4.78, 5) is 26.6. The Labute approximate surface area is 157 Å². The summed E-state index contributed by atoms with van der Waals surface area (Å²) in [5.74, 6) is 5.67. The first-order chi connectivity index (χ1) is 12.7. The van der Waals surface area contributed by atoms with Gasteiger partial charge in [-0.05, 0) is 79.3 Å². The number of hydrogen-bond donors (Lipinski definition) is 0. The Balaban J connectivity index is 1.43. The lowest BCUT2D eigenvalue weighted by atomic mass is 9.70. The van der Waals surface area contributed by atoms with Crippen molar-refractivity contribution in [3.8, 4) is 0 Å². The normalized spacial score (nSPS) is 69.8. The van der Waals surface area contributed by atoms with Gasteiger partial charge in [0.2, 0.25) is 0 Å². The molecule has 8 aliphatic rings. The molecule has 8 rings (SSSR count). The molecule has 0 N–H and O–H groups in total. The van der Waals surface area contributed by atoms with E-state index in [9.17, 15) is 9.59 Å². The lowest BCUT2D eigenvalue weighted by molar-refractivity contribution is -0.173. The molecule has 0 aromatic carbocycles. The fraction of sp³-hybridized carbons (Fsp3) is 0.905. The third-order valence-corrected chi connectivity index (χ3v) is 12.1. The quantitative estimate of drug-likeness (QED) is 0.662. The molecule has 4 nitrogen and oxygen atoms in total. The molecule has 2 saturated heterocycles. The van der Waals surface area contributed by atoms with Gasteiger partial charge in [0.15, 0.2) is 0 Å². The summed E-state index contributed by atoms with van der Waals surface area (Å²) in [6, 6.07) is 0. The number of fused-ring (bicyclic) bond motifs is 4. The van der Waals surface area contributed by atoms with Crippen LogP contribution >= 0.6 is 11.8 Å². The standard InChI is InChI=1S/C21H24O4S/c1-26-21-17-7-3-5-8-10(7)13-15(17)14-12(16(13)19(22)24-8)6-2-4-9(25-20(21)23)11(6)18(14)21/h6-18H,2-5H2,1H3/t6-,7+,8+,9-,10+,11+,12-,13+,14+,15+,16-,17+,18-,21-/m0/s1. The zero-order chi connectivity index (χ0) is 17.1. The van der Waals surface area contributed by atoms with Gasteiger partial charge in [0.1, 0.15) is 17.0 Å². The van der Waals surface area contributed by atoms with Gasteiger partial charge in [-0.2, -0.15) is 0 Å². The molecule has 0 bridgehead atoms. The van der Waals surface area contributed by atoms with Crippen LogP contribution in [0.5, 0.6) is 0 Å². The van der Waals surface area contributed by atoms with Crippen molar-refractivity contribution >= 4 is 23.7 Å². The van der Waals surface area contributed by atoms with Crippen molar-refractivity contribution in [3.63, 3.8) is 0 Å². The molecule has 0 spiro atoms. The van der Waals surface area contributed by atoms with E-state index < -0.39 is 0 Å². The second-order valence-corrected chi connectivity index (χ2v) is 11.5. The minimum absolute atomic E-state index is 0.114. The highest BCUT2D eigenvalue weighted by molar-refractivity contribution is 8.00. The number of rotatable bonds is 1. The number of esters is 2. The highest BCUT2D eigenvalue weighted by Crippen LogP contribution is 2.84. The first kappa shape index (κ1) is 14.3. The first-order valence-electron chi connectivity index (χ1n) is 10.6. The van der Waals surface area contributed by atoms with Crippen LogP contribution in [-0.4, -0.2) is 35.1 Å². The third kappa shape index (κ3) is 1.11. The average Bonchev–Trinajstić information content (AvgIpc) is 3.37. The van der Waals surface area contributed by atoms with Crippen LogP contribution in [-0.2, 0) is 19.1 Å². The van der Waals surface area contributed by atoms with Crippen molar-refractivity contribution in [2.75, 3.05) is 6.26 Å². The summed E-state index contributed by atoms with van der Waals surface area (Å²) in [5.41, 5.74) is 0. The van der Waals surface area contributed by atoms with Gasteiger partial charge >= 0.3 is 11.9 Å². The molecule has 8 fully saturated rings. The van der Waals surface area contributed by atoms with E-state index in [1.165, 1.54) is 0 Å². The predicted octanol–water partition coefficient (Wildman–Crippen LogP) is 2.36. The number of carbonyl (C=O) groups excluding carboxylic acids is 2. The van der Waals surface area contributed by atoms with E-state index in [0.29, 0.717) is 59.2 Å². The van der Waals surface area contributed by atoms with Crippen LogP contribution in [0.15, 0.2) is 0 Å². The second-order valence-electron chi connectivity index (χ2n) is 10.4. The molecule has 2 heterocycles. The molecule has 0 radical (unpaired) electrons. The van der Waals surface area contributed by atoms with Crippen LogP contribution in [0.4, 0.5) is 0 Å². The molecule has 6 aliphatic carbocycles. The summed E-state index contributed by atoms with van der Waals surface area (Å²) in [6.07, 6.45) is 6.76. The smallest absolute Gasteiger partial charge is 0.323 e. The van der Waals surface area contributed by atoms with Crippen molar-refractivity contribution in [1.29, 1.82) is 0 Å². The zero-order valence-electron chi connectivity index (χ0n) is 14.9. The topological polar surface area (TPSA) is 52.6 Å². The van der Waals surface area contributed by atoms with Crippen molar-refractivity contribution in [3.05, 3.63) is 0 Å². The largest absolute Gasteiger partial charge is 0.462 e. The van der Waals surface area contributed by atoms with E-state index in [-0.39, 0.29) is 34.8 Å². The summed E-state index contributed by atoms with van der Waals surface area (Å²) >= 11 is 1.82. The van der Waals surface area contributed by atoms with Crippen molar-refractivity contribution in [2.45, 2.75) is 42.6 Å². The van der Waals surface area contributed by atoms with Crippen molar-refractivity contribution in [1.82, 2.24) is 0 Å². The Morgan fingerprint density at radius 1 is 0.808 bits per heavy atom. The second kappa shape index (κ2) is 4.01. The van der Waals surface area contributed by atoms with Crippen molar-refractivity contribution < 1.29 is 19.1 Å². The minimum atomic E-state index is -0.321. The van der Waals surface area contributed by atoms with E-state index >= 15 is 0 Å². The molecule has 2 aliphatic heterocycles. The molecule has 14 atom stereocenters. The molecular weight excluding hydrogens is 348 g/mol. The Morgan fingerprint density at radius 2 is 1.54 bits per heavy atom. The molecule has 0 unspecified atom stereocenters. The number of thioether (sulfide) groups is 1. The molecule has 5 heteroatoms. The van der Waals surface area contributed by atoms with Gasteiger partial charge in [0.05, 0.1) is 5.92 Å². The SMILES string of the molecule is CS[C@]12C(=O)O[C@H]3CC[C@@H]4[C@@H]5[C@@H]6C(=O)O[C@@H]7CC[C@@H]8[C@H]7[C@@H]6[C@H]([C@@H]5[C@@H]1[C@H]43)[C@@H]82. The van der Waals surface area contributed by atoms with Gasteiger partial charge in [-0.15, -0.1) is 11.8 Å². The lowest BCUT2D eigenvalue weighted by Gasteiger charge is -2.47. The maximum atomic E-state index is 13.5. The van der Waals surface area contributed by atoms with E-state index in [1.807, 2.05) is 11.8 Å². The molecule has 26 heavy (non-hydrogen) atoms. The van der Waals surface area contributed by atoms with Crippen LogP contribution in [0.2, 0.25) is 0 Å². The zero-order valence-corrected chi connectivity index (χ0v) is 15.7.